The molecule has 0 amide bonds. The molecule has 1 saturated heterocycles. The van der Waals surface area contributed by atoms with Crippen molar-refractivity contribution in [2.24, 2.45) is 0 Å². The lowest BCUT2D eigenvalue weighted by atomic mass is 10.1. The fraction of sp³-hybridized carbons (Fsp3) is 0.400. The van der Waals surface area contributed by atoms with Gasteiger partial charge in [-0.3, -0.25) is 0 Å². The van der Waals surface area contributed by atoms with Gasteiger partial charge in [-0.25, -0.2) is 0 Å². The Morgan fingerprint density at radius 1 is 1.15 bits per heavy atom. The van der Waals surface area contributed by atoms with Crippen molar-refractivity contribution in [3.05, 3.63) is 32.7 Å². The maximum Gasteiger partial charge on any atom is 0.0321 e. The molecule has 0 radical (unpaired) electrons. The number of nitrogens with one attached hydrogen (secondary N) is 1. The summed E-state index contributed by atoms with van der Waals surface area (Å²) in [6.45, 7) is 1.15. The van der Waals surface area contributed by atoms with Crippen molar-refractivity contribution in [2.45, 2.75) is 18.9 Å². The second-order valence-corrected chi connectivity index (χ2v) is 5.18. The molecule has 1 aliphatic rings. The van der Waals surface area contributed by atoms with Crippen molar-refractivity contribution < 1.29 is 0 Å². The zero-order valence-electron chi connectivity index (χ0n) is 7.19. The van der Waals surface area contributed by atoms with Crippen LogP contribution < -0.4 is 5.32 Å². The SMILES string of the molecule is Brc1cc(Br)cc([C@@H]2CCCN2)c1. The molecule has 0 unspecified atom stereocenters. The van der Waals surface area contributed by atoms with Crippen LogP contribution in [0.4, 0.5) is 0 Å². The van der Waals surface area contributed by atoms with Gasteiger partial charge in [-0.1, -0.05) is 31.9 Å². The average molecular weight is 305 g/mol. The van der Waals surface area contributed by atoms with Crippen LogP contribution >= 0.6 is 31.9 Å². The van der Waals surface area contributed by atoms with Crippen LogP contribution in [0.25, 0.3) is 0 Å². The van der Waals surface area contributed by atoms with E-state index in [0.29, 0.717) is 6.04 Å². The minimum atomic E-state index is 0.550. The first-order valence-corrected chi connectivity index (χ1v) is 6.04. The highest BCUT2D eigenvalue weighted by molar-refractivity contribution is 9.11. The van der Waals surface area contributed by atoms with Gasteiger partial charge < -0.3 is 5.32 Å². The fourth-order valence-corrected chi connectivity index (χ4v) is 3.07. The molecule has 0 spiro atoms. The van der Waals surface area contributed by atoms with E-state index in [1.165, 1.54) is 18.4 Å². The van der Waals surface area contributed by atoms with Crippen molar-refractivity contribution in [1.82, 2.24) is 5.32 Å². The van der Waals surface area contributed by atoms with Crippen LogP contribution in [0.1, 0.15) is 24.4 Å². The van der Waals surface area contributed by atoms with Crippen LogP contribution in [0.5, 0.6) is 0 Å². The lowest BCUT2D eigenvalue weighted by Crippen LogP contribution is -2.12. The smallest absolute Gasteiger partial charge is 0.0321 e. The summed E-state index contributed by atoms with van der Waals surface area (Å²) in [5.74, 6) is 0. The summed E-state index contributed by atoms with van der Waals surface area (Å²) in [5.41, 5.74) is 1.37. The number of halogens is 2. The van der Waals surface area contributed by atoms with Gasteiger partial charge in [0, 0.05) is 15.0 Å². The van der Waals surface area contributed by atoms with Crippen molar-refractivity contribution in [3.63, 3.8) is 0 Å². The van der Waals surface area contributed by atoms with E-state index in [1.54, 1.807) is 0 Å². The van der Waals surface area contributed by atoms with Crippen molar-refractivity contribution in [3.8, 4) is 0 Å². The third-order valence-electron chi connectivity index (χ3n) is 2.35. The first-order valence-electron chi connectivity index (χ1n) is 4.45. The largest absolute Gasteiger partial charge is 0.310 e. The normalized spacial score (nSPS) is 22.2. The topological polar surface area (TPSA) is 12.0 Å². The Morgan fingerprint density at radius 2 is 1.85 bits per heavy atom. The highest BCUT2D eigenvalue weighted by Crippen LogP contribution is 2.28. The summed E-state index contributed by atoms with van der Waals surface area (Å²) in [5, 5.41) is 3.49. The second-order valence-electron chi connectivity index (χ2n) is 3.35. The molecular weight excluding hydrogens is 294 g/mol. The number of rotatable bonds is 1. The lowest BCUT2D eigenvalue weighted by molar-refractivity contribution is 0.647. The molecule has 0 bridgehead atoms. The molecule has 2 rings (SSSR count). The van der Waals surface area contributed by atoms with Gasteiger partial charge in [-0.05, 0) is 43.1 Å². The van der Waals surface area contributed by atoms with Crippen molar-refractivity contribution >= 4 is 31.9 Å². The molecule has 1 fully saturated rings. The van der Waals surface area contributed by atoms with Gasteiger partial charge in [-0.2, -0.15) is 0 Å². The number of benzene rings is 1. The Labute approximate surface area is 95.2 Å². The second kappa shape index (κ2) is 4.11. The molecule has 1 aliphatic heterocycles. The van der Waals surface area contributed by atoms with E-state index in [-0.39, 0.29) is 0 Å². The summed E-state index contributed by atoms with van der Waals surface area (Å²) in [4.78, 5) is 0. The molecule has 1 N–H and O–H groups in total. The van der Waals surface area contributed by atoms with Gasteiger partial charge in [0.1, 0.15) is 0 Å². The van der Waals surface area contributed by atoms with E-state index in [2.05, 4.69) is 55.4 Å². The predicted molar refractivity (Wildman–Crippen MR) is 61.8 cm³/mol. The number of hydrogen-bond donors (Lipinski definition) is 1. The number of hydrogen-bond acceptors (Lipinski definition) is 1. The van der Waals surface area contributed by atoms with E-state index in [4.69, 9.17) is 0 Å². The van der Waals surface area contributed by atoms with E-state index in [9.17, 15) is 0 Å². The third-order valence-corrected chi connectivity index (χ3v) is 3.26. The minimum absolute atomic E-state index is 0.550. The maximum absolute atomic E-state index is 3.50. The molecule has 3 heteroatoms. The fourth-order valence-electron chi connectivity index (χ4n) is 1.75. The van der Waals surface area contributed by atoms with Crippen LogP contribution in [0, 0.1) is 0 Å². The summed E-state index contributed by atoms with van der Waals surface area (Å²) in [6.07, 6.45) is 2.54. The quantitative estimate of drug-likeness (QED) is 0.835. The average Bonchev–Trinajstić information content (AvgIpc) is 2.53. The Morgan fingerprint density at radius 3 is 2.38 bits per heavy atom. The van der Waals surface area contributed by atoms with Crippen LogP contribution in [0.3, 0.4) is 0 Å². The van der Waals surface area contributed by atoms with E-state index in [1.807, 2.05) is 0 Å². The standard InChI is InChI=1S/C10H11Br2N/c11-8-4-7(5-9(12)6-8)10-2-1-3-13-10/h4-6,10,13H,1-3H2/t10-/m0/s1. The molecule has 1 heterocycles. The Kier molecular flexibility index (Phi) is 3.06. The zero-order chi connectivity index (χ0) is 9.26. The van der Waals surface area contributed by atoms with Gasteiger partial charge >= 0.3 is 0 Å². The summed E-state index contributed by atoms with van der Waals surface area (Å²) in [7, 11) is 0. The van der Waals surface area contributed by atoms with Gasteiger partial charge in [0.2, 0.25) is 0 Å². The van der Waals surface area contributed by atoms with Crippen LogP contribution in [-0.4, -0.2) is 6.54 Å². The molecule has 70 valence electrons. The Hall–Kier alpha value is 0.140. The molecular formula is C10H11Br2N. The monoisotopic (exact) mass is 303 g/mol. The summed E-state index contributed by atoms with van der Waals surface area (Å²) in [6, 6.07) is 6.99. The summed E-state index contributed by atoms with van der Waals surface area (Å²) >= 11 is 7.00. The zero-order valence-corrected chi connectivity index (χ0v) is 10.4. The Bertz CT molecular complexity index is 286. The van der Waals surface area contributed by atoms with Crippen molar-refractivity contribution in [1.29, 1.82) is 0 Å². The predicted octanol–water partition coefficient (Wildman–Crippen LogP) is 3.64. The molecule has 0 saturated carbocycles. The molecule has 1 aromatic rings. The van der Waals surface area contributed by atoms with Gasteiger partial charge in [0.25, 0.3) is 0 Å². The summed E-state index contributed by atoms with van der Waals surface area (Å²) < 4.78 is 2.29. The molecule has 13 heavy (non-hydrogen) atoms. The van der Waals surface area contributed by atoms with Crippen LogP contribution in [0.2, 0.25) is 0 Å². The third kappa shape index (κ3) is 2.33. The molecule has 1 atom stereocenters. The minimum Gasteiger partial charge on any atom is -0.310 e. The van der Waals surface area contributed by atoms with E-state index >= 15 is 0 Å². The first-order chi connectivity index (χ1) is 6.25. The van der Waals surface area contributed by atoms with Gasteiger partial charge in [-0.15, -0.1) is 0 Å². The molecule has 1 nitrogen and oxygen atoms in total. The van der Waals surface area contributed by atoms with E-state index in [0.717, 1.165) is 15.5 Å². The molecule has 0 aromatic heterocycles. The first kappa shape index (κ1) is 9.69. The van der Waals surface area contributed by atoms with Crippen LogP contribution in [0.15, 0.2) is 27.1 Å². The van der Waals surface area contributed by atoms with Gasteiger partial charge in [0.05, 0.1) is 0 Å². The van der Waals surface area contributed by atoms with Gasteiger partial charge in [0.15, 0.2) is 0 Å². The highest BCUT2D eigenvalue weighted by atomic mass is 79.9. The lowest BCUT2D eigenvalue weighted by Gasteiger charge is -2.11. The Balaban J connectivity index is 2.28. The van der Waals surface area contributed by atoms with Crippen LogP contribution in [-0.2, 0) is 0 Å². The van der Waals surface area contributed by atoms with E-state index < -0.39 is 0 Å². The molecule has 0 aliphatic carbocycles. The molecule has 1 aromatic carbocycles. The van der Waals surface area contributed by atoms with Crippen molar-refractivity contribution in [2.75, 3.05) is 6.54 Å². The maximum atomic E-state index is 3.50. The highest BCUT2D eigenvalue weighted by Gasteiger charge is 2.16.